The molecule has 0 radical (unpaired) electrons. The molecule has 134 valence electrons. The molecule has 25 heavy (non-hydrogen) atoms. The SMILES string of the molecule is CC1Cc2nnc(COc3cccnc3)n2CCN1C1CCOCC1. The Labute approximate surface area is 148 Å². The molecular weight excluding hydrogens is 318 g/mol. The van der Waals surface area contributed by atoms with Crippen LogP contribution in [0.5, 0.6) is 5.75 Å². The van der Waals surface area contributed by atoms with E-state index in [9.17, 15) is 0 Å². The molecule has 4 rings (SSSR count). The van der Waals surface area contributed by atoms with Crippen LogP contribution in [0.3, 0.4) is 0 Å². The molecule has 1 saturated heterocycles. The summed E-state index contributed by atoms with van der Waals surface area (Å²) in [5.41, 5.74) is 0. The van der Waals surface area contributed by atoms with Gasteiger partial charge in [-0.2, -0.15) is 0 Å². The number of pyridine rings is 1. The number of hydrogen-bond acceptors (Lipinski definition) is 6. The summed E-state index contributed by atoms with van der Waals surface area (Å²) in [4.78, 5) is 6.70. The van der Waals surface area contributed by atoms with E-state index in [0.717, 1.165) is 63.0 Å². The molecule has 0 N–H and O–H groups in total. The molecule has 2 aromatic rings. The minimum absolute atomic E-state index is 0.421. The van der Waals surface area contributed by atoms with E-state index in [0.29, 0.717) is 18.7 Å². The first-order valence-electron chi connectivity index (χ1n) is 9.08. The van der Waals surface area contributed by atoms with Crippen molar-refractivity contribution in [3.63, 3.8) is 0 Å². The summed E-state index contributed by atoms with van der Waals surface area (Å²) >= 11 is 0. The molecule has 0 amide bonds. The summed E-state index contributed by atoms with van der Waals surface area (Å²) in [6.07, 6.45) is 6.64. The van der Waals surface area contributed by atoms with Gasteiger partial charge in [0, 0.05) is 51.0 Å². The molecule has 1 fully saturated rings. The van der Waals surface area contributed by atoms with Gasteiger partial charge in [-0.1, -0.05) is 0 Å². The molecule has 2 aromatic heterocycles. The Morgan fingerprint density at radius 2 is 2.12 bits per heavy atom. The molecule has 4 heterocycles. The van der Waals surface area contributed by atoms with E-state index in [1.165, 1.54) is 0 Å². The Bertz CT molecular complexity index is 684. The van der Waals surface area contributed by atoms with Crippen molar-refractivity contribution in [2.75, 3.05) is 19.8 Å². The molecule has 1 atom stereocenters. The number of fused-ring (bicyclic) bond motifs is 1. The van der Waals surface area contributed by atoms with Crippen LogP contribution in [0.15, 0.2) is 24.5 Å². The average molecular weight is 343 g/mol. The van der Waals surface area contributed by atoms with E-state index in [4.69, 9.17) is 9.47 Å². The molecule has 0 bridgehead atoms. The van der Waals surface area contributed by atoms with Crippen molar-refractivity contribution in [1.29, 1.82) is 0 Å². The maximum Gasteiger partial charge on any atom is 0.171 e. The zero-order valence-corrected chi connectivity index (χ0v) is 14.7. The van der Waals surface area contributed by atoms with Crippen molar-refractivity contribution in [3.05, 3.63) is 36.2 Å². The van der Waals surface area contributed by atoms with Gasteiger partial charge >= 0.3 is 0 Å². The van der Waals surface area contributed by atoms with Crippen LogP contribution in [0.4, 0.5) is 0 Å². The van der Waals surface area contributed by atoms with Crippen molar-refractivity contribution < 1.29 is 9.47 Å². The van der Waals surface area contributed by atoms with Gasteiger partial charge in [0.05, 0.1) is 6.20 Å². The first-order chi connectivity index (χ1) is 12.3. The Morgan fingerprint density at radius 1 is 1.24 bits per heavy atom. The normalized spacial score (nSPS) is 22.4. The lowest BCUT2D eigenvalue weighted by molar-refractivity contribution is 0.0203. The number of rotatable bonds is 4. The second kappa shape index (κ2) is 7.49. The minimum Gasteiger partial charge on any atom is -0.484 e. The quantitative estimate of drug-likeness (QED) is 0.841. The molecule has 2 aliphatic rings. The number of hydrogen-bond donors (Lipinski definition) is 0. The topological polar surface area (TPSA) is 65.3 Å². The summed E-state index contributed by atoms with van der Waals surface area (Å²) < 4.78 is 13.6. The first kappa shape index (κ1) is 16.5. The highest BCUT2D eigenvalue weighted by molar-refractivity contribution is 5.15. The molecule has 7 nitrogen and oxygen atoms in total. The van der Waals surface area contributed by atoms with Crippen molar-refractivity contribution in [1.82, 2.24) is 24.6 Å². The van der Waals surface area contributed by atoms with Gasteiger partial charge in [-0.05, 0) is 31.9 Å². The van der Waals surface area contributed by atoms with Gasteiger partial charge in [-0.15, -0.1) is 10.2 Å². The molecule has 1 unspecified atom stereocenters. The lowest BCUT2D eigenvalue weighted by Crippen LogP contribution is -2.45. The van der Waals surface area contributed by atoms with Crippen LogP contribution in [0.25, 0.3) is 0 Å². The fourth-order valence-corrected chi connectivity index (χ4v) is 3.85. The monoisotopic (exact) mass is 343 g/mol. The van der Waals surface area contributed by atoms with Crippen LogP contribution in [0, 0.1) is 0 Å². The maximum absolute atomic E-state index is 5.81. The zero-order chi connectivity index (χ0) is 17.1. The molecule has 0 aromatic carbocycles. The second-order valence-corrected chi connectivity index (χ2v) is 6.80. The number of aromatic nitrogens is 4. The maximum atomic E-state index is 5.81. The number of nitrogens with zero attached hydrogens (tertiary/aromatic N) is 5. The smallest absolute Gasteiger partial charge is 0.171 e. The Kier molecular flexibility index (Phi) is 4.94. The first-order valence-corrected chi connectivity index (χ1v) is 9.08. The van der Waals surface area contributed by atoms with E-state index < -0.39 is 0 Å². The summed E-state index contributed by atoms with van der Waals surface area (Å²) in [7, 11) is 0. The molecule has 0 saturated carbocycles. The summed E-state index contributed by atoms with van der Waals surface area (Å²) in [6, 6.07) is 4.87. The fraction of sp³-hybridized carbons (Fsp3) is 0.611. The van der Waals surface area contributed by atoms with E-state index in [2.05, 4.69) is 31.6 Å². The van der Waals surface area contributed by atoms with Crippen LogP contribution < -0.4 is 4.74 Å². The zero-order valence-electron chi connectivity index (χ0n) is 14.7. The van der Waals surface area contributed by atoms with E-state index in [1.54, 1.807) is 12.4 Å². The van der Waals surface area contributed by atoms with Crippen LogP contribution in [0.1, 0.15) is 31.4 Å². The average Bonchev–Trinajstić information content (AvgIpc) is 2.95. The lowest BCUT2D eigenvalue weighted by Gasteiger charge is -2.37. The molecule has 0 spiro atoms. The van der Waals surface area contributed by atoms with E-state index >= 15 is 0 Å². The van der Waals surface area contributed by atoms with Crippen LogP contribution >= 0.6 is 0 Å². The summed E-state index contributed by atoms with van der Waals surface area (Å²) in [6.45, 7) is 6.41. The van der Waals surface area contributed by atoms with Gasteiger partial charge in [-0.3, -0.25) is 9.88 Å². The highest BCUT2D eigenvalue weighted by atomic mass is 16.5. The molecular formula is C18H25N5O2. The largest absolute Gasteiger partial charge is 0.484 e. The molecule has 2 aliphatic heterocycles. The minimum atomic E-state index is 0.421. The molecule has 7 heteroatoms. The van der Waals surface area contributed by atoms with Crippen LogP contribution in [0.2, 0.25) is 0 Å². The van der Waals surface area contributed by atoms with E-state index in [-0.39, 0.29) is 0 Å². The third-order valence-electron chi connectivity index (χ3n) is 5.19. The van der Waals surface area contributed by atoms with Crippen LogP contribution in [-0.2, 0) is 24.3 Å². The van der Waals surface area contributed by atoms with Crippen LogP contribution in [-0.4, -0.2) is 56.5 Å². The Hall–Kier alpha value is -1.99. The lowest BCUT2D eigenvalue weighted by atomic mass is 10.0. The number of ether oxygens (including phenoxy) is 2. The summed E-state index contributed by atoms with van der Waals surface area (Å²) in [5.74, 6) is 2.71. The van der Waals surface area contributed by atoms with Crippen molar-refractivity contribution >= 4 is 0 Å². The highest BCUT2D eigenvalue weighted by Crippen LogP contribution is 2.22. The Balaban J connectivity index is 1.44. The summed E-state index contributed by atoms with van der Waals surface area (Å²) in [5, 5.41) is 8.78. The standard InChI is InChI=1S/C18H25N5O2/c1-14-11-17-20-21-18(13-25-16-3-2-6-19-12-16)23(17)8-7-22(14)15-4-9-24-10-5-15/h2-3,6,12,14-15H,4-5,7-11,13H2,1H3. The third-order valence-corrected chi connectivity index (χ3v) is 5.19. The predicted molar refractivity (Wildman–Crippen MR) is 92.3 cm³/mol. The predicted octanol–water partition coefficient (Wildman–Crippen LogP) is 1.68. The van der Waals surface area contributed by atoms with Gasteiger partial charge < -0.3 is 14.0 Å². The molecule has 0 aliphatic carbocycles. The van der Waals surface area contributed by atoms with Crippen molar-refractivity contribution in [3.8, 4) is 5.75 Å². The second-order valence-electron chi connectivity index (χ2n) is 6.80. The van der Waals surface area contributed by atoms with Crippen molar-refractivity contribution in [2.45, 2.75) is 51.4 Å². The third kappa shape index (κ3) is 3.67. The van der Waals surface area contributed by atoms with Gasteiger partial charge in [0.25, 0.3) is 0 Å². The van der Waals surface area contributed by atoms with Gasteiger partial charge in [0.1, 0.15) is 18.2 Å². The van der Waals surface area contributed by atoms with Gasteiger partial charge in [0.2, 0.25) is 0 Å². The van der Waals surface area contributed by atoms with E-state index in [1.807, 2.05) is 12.1 Å². The van der Waals surface area contributed by atoms with Crippen molar-refractivity contribution in [2.24, 2.45) is 0 Å². The fourth-order valence-electron chi connectivity index (χ4n) is 3.85. The Morgan fingerprint density at radius 3 is 2.92 bits per heavy atom. The highest BCUT2D eigenvalue weighted by Gasteiger charge is 2.30. The van der Waals surface area contributed by atoms with Gasteiger partial charge in [-0.25, -0.2) is 0 Å². The van der Waals surface area contributed by atoms with Gasteiger partial charge in [0.15, 0.2) is 5.82 Å².